The van der Waals surface area contributed by atoms with Gasteiger partial charge in [-0.2, -0.15) is 0 Å². The Balaban J connectivity index is 1.77. The van der Waals surface area contributed by atoms with Gasteiger partial charge in [0.15, 0.2) is 0 Å². The third-order valence-electron chi connectivity index (χ3n) is 5.32. The van der Waals surface area contributed by atoms with Crippen LogP contribution >= 0.6 is 15.9 Å². The molecule has 0 aromatic rings. The van der Waals surface area contributed by atoms with Crippen LogP contribution in [-0.4, -0.2) is 28.7 Å². The van der Waals surface area contributed by atoms with Crippen LogP contribution in [0.2, 0.25) is 0 Å². The number of fused-ring (bicyclic) bond motifs is 2. The maximum Gasteiger partial charge on any atom is 0.0738 e. The van der Waals surface area contributed by atoms with E-state index in [0.717, 1.165) is 24.2 Å². The van der Waals surface area contributed by atoms with Gasteiger partial charge in [0.05, 0.1) is 18.8 Å². The van der Waals surface area contributed by atoms with E-state index < -0.39 is 0 Å². The lowest BCUT2D eigenvalue weighted by Gasteiger charge is -2.37. The average molecular weight is 285 g/mol. The Kier molecular flexibility index (Phi) is 2.10. The molecule has 1 aliphatic heterocycles. The molecule has 0 aromatic carbocycles. The fourth-order valence-electron chi connectivity index (χ4n) is 4.92. The topological polar surface area (TPSA) is 29.5 Å². The summed E-state index contributed by atoms with van der Waals surface area (Å²) in [6.45, 7) is 0.206. The second kappa shape index (κ2) is 3.33. The molecule has 3 saturated carbocycles. The van der Waals surface area contributed by atoms with Crippen LogP contribution in [0, 0.1) is 23.7 Å². The predicted octanol–water partition coefficient (Wildman–Crippen LogP) is 2.11. The molecular weight excluding hydrogens is 268 g/mol. The van der Waals surface area contributed by atoms with Gasteiger partial charge in [0.2, 0.25) is 0 Å². The maximum absolute atomic E-state index is 9.13. The number of hydrogen-bond donors (Lipinski definition) is 1. The highest BCUT2D eigenvalue weighted by atomic mass is 79.9. The molecule has 2 bridgehead atoms. The van der Waals surface area contributed by atoms with Crippen LogP contribution in [0.1, 0.15) is 19.3 Å². The Bertz CT molecular complexity index is 354. The molecule has 0 unspecified atom stereocenters. The van der Waals surface area contributed by atoms with Gasteiger partial charge in [-0.25, -0.2) is 0 Å². The largest absolute Gasteiger partial charge is 0.392 e. The minimum atomic E-state index is 0.206. The van der Waals surface area contributed by atoms with Crippen molar-refractivity contribution in [3.05, 3.63) is 11.6 Å². The zero-order valence-electron chi connectivity index (χ0n) is 9.18. The van der Waals surface area contributed by atoms with Gasteiger partial charge in [0.1, 0.15) is 0 Å². The summed E-state index contributed by atoms with van der Waals surface area (Å²) in [6, 6.07) is 0. The zero-order chi connectivity index (χ0) is 10.9. The first kappa shape index (κ1) is 10.1. The molecule has 16 heavy (non-hydrogen) atoms. The third kappa shape index (κ3) is 1.05. The van der Waals surface area contributed by atoms with Gasteiger partial charge in [-0.15, -0.1) is 0 Å². The standard InChI is InChI=1S/C13H17BrO2/c14-12-7-5-8-11-9(16-13(8)12)2-1-6(3-4-15)10(7)11/h3,7-13,15H,1-2,4-5H2/b6-3+/t7-,8+,9+,10-,11-,12-,13+/m1/s1. The SMILES string of the molecule is OC/C=C1\CC[C@@H]2O[C@@H]3[C@H](Br)[C@@H]4C[C@H]3[C@H]2[C@H]14. The number of ether oxygens (including phenoxy) is 1. The molecule has 1 N–H and O–H groups in total. The highest BCUT2D eigenvalue weighted by Crippen LogP contribution is 2.65. The third-order valence-corrected chi connectivity index (χ3v) is 6.52. The highest BCUT2D eigenvalue weighted by molar-refractivity contribution is 9.09. The van der Waals surface area contributed by atoms with Crippen LogP contribution in [0.3, 0.4) is 0 Å². The van der Waals surface area contributed by atoms with Gasteiger partial charge < -0.3 is 9.84 Å². The van der Waals surface area contributed by atoms with E-state index in [-0.39, 0.29) is 6.61 Å². The van der Waals surface area contributed by atoms with E-state index in [9.17, 15) is 0 Å². The summed E-state index contributed by atoms with van der Waals surface area (Å²) in [7, 11) is 0. The van der Waals surface area contributed by atoms with Crippen molar-refractivity contribution in [1.82, 2.24) is 0 Å². The van der Waals surface area contributed by atoms with Crippen molar-refractivity contribution in [3.8, 4) is 0 Å². The predicted molar refractivity (Wildman–Crippen MR) is 64.4 cm³/mol. The summed E-state index contributed by atoms with van der Waals surface area (Å²) >= 11 is 3.85. The normalized spacial score (nSPS) is 59.9. The Morgan fingerprint density at radius 1 is 1.44 bits per heavy atom. The van der Waals surface area contributed by atoms with Crippen molar-refractivity contribution in [1.29, 1.82) is 0 Å². The quantitative estimate of drug-likeness (QED) is 0.590. The van der Waals surface area contributed by atoms with Crippen molar-refractivity contribution >= 4 is 15.9 Å². The Hall–Kier alpha value is 0.140. The lowest BCUT2D eigenvalue weighted by atomic mass is 9.68. The second-order valence-corrected chi connectivity index (χ2v) is 6.81. The van der Waals surface area contributed by atoms with Crippen LogP contribution < -0.4 is 0 Å². The highest BCUT2D eigenvalue weighted by Gasteiger charge is 2.66. The summed E-state index contributed by atoms with van der Waals surface area (Å²) in [6.07, 6.45) is 6.73. The summed E-state index contributed by atoms with van der Waals surface area (Å²) in [4.78, 5) is 0.559. The molecule has 1 saturated heterocycles. The first-order chi connectivity index (χ1) is 7.81. The lowest BCUT2D eigenvalue weighted by molar-refractivity contribution is 0.0321. The number of alkyl halides is 1. The van der Waals surface area contributed by atoms with Gasteiger partial charge in [0.25, 0.3) is 0 Å². The number of halogens is 1. The number of hydrogen-bond acceptors (Lipinski definition) is 2. The van der Waals surface area contributed by atoms with Crippen molar-refractivity contribution in [2.45, 2.75) is 36.3 Å². The van der Waals surface area contributed by atoms with Crippen molar-refractivity contribution in [2.75, 3.05) is 6.61 Å². The van der Waals surface area contributed by atoms with E-state index in [1.54, 1.807) is 0 Å². The van der Waals surface area contributed by atoms with Gasteiger partial charge in [-0.3, -0.25) is 0 Å². The van der Waals surface area contributed by atoms with E-state index in [4.69, 9.17) is 9.84 Å². The average Bonchev–Trinajstić information content (AvgIpc) is 2.88. The first-order valence-corrected chi connectivity index (χ1v) is 7.32. The second-order valence-electron chi connectivity index (χ2n) is 5.75. The summed E-state index contributed by atoms with van der Waals surface area (Å²) < 4.78 is 6.21. The molecule has 1 heterocycles. The van der Waals surface area contributed by atoms with E-state index in [1.165, 1.54) is 18.4 Å². The number of allylic oxidation sites excluding steroid dienone is 1. The first-order valence-electron chi connectivity index (χ1n) is 6.40. The van der Waals surface area contributed by atoms with E-state index in [1.807, 2.05) is 0 Å². The minimum absolute atomic E-state index is 0.206. The van der Waals surface area contributed by atoms with Crippen LogP contribution in [-0.2, 0) is 4.74 Å². The van der Waals surface area contributed by atoms with Crippen LogP contribution in [0.4, 0.5) is 0 Å². The number of aliphatic hydroxyl groups is 1. The molecule has 7 atom stereocenters. The lowest BCUT2D eigenvalue weighted by Crippen LogP contribution is -2.37. The summed E-state index contributed by atoms with van der Waals surface area (Å²) in [5, 5.41) is 9.13. The maximum atomic E-state index is 9.13. The summed E-state index contributed by atoms with van der Waals surface area (Å²) in [5.74, 6) is 3.05. The molecule has 4 fully saturated rings. The molecule has 3 heteroatoms. The fourth-order valence-corrected chi connectivity index (χ4v) is 5.98. The number of aliphatic hydroxyl groups excluding tert-OH is 1. The van der Waals surface area contributed by atoms with Crippen LogP contribution in [0.5, 0.6) is 0 Å². The molecule has 0 amide bonds. The molecule has 4 rings (SSSR count). The number of rotatable bonds is 1. The molecule has 0 spiro atoms. The van der Waals surface area contributed by atoms with Crippen LogP contribution in [0.15, 0.2) is 11.6 Å². The molecule has 4 aliphatic rings. The zero-order valence-corrected chi connectivity index (χ0v) is 10.8. The van der Waals surface area contributed by atoms with Crippen LogP contribution in [0.25, 0.3) is 0 Å². The van der Waals surface area contributed by atoms with Gasteiger partial charge in [-0.05, 0) is 42.9 Å². The van der Waals surface area contributed by atoms with E-state index >= 15 is 0 Å². The van der Waals surface area contributed by atoms with Gasteiger partial charge in [-0.1, -0.05) is 27.6 Å². The molecule has 88 valence electrons. The monoisotopic (exact) mass is 284 g/mol. The van der Waals surface area contributed by atoms with Crippen molar-refractivity contribution in [3.63, 3.8) is 0 Å². The molecule has 2 nitrogen and oxygen atoms in total. The molecule has 0 radical (unpaired) electrons. The Morgan fingerprint density at radius 2 is 2.31 bits per heavy atom. The Morgan fingerprint density at radius 3 is 3.12 bits per heavy atom. The smallest absolute Gasteiger partial charge is 0.0738 e. The molecule has 0 aromatic heterocycles. The van der Waals surface area contributed by atoms with E-state index in [0.29, 0.717) is 23.0 Å². The van der Waals surface area contributed by atoms with E-state index in [2.05, 4.69) is 22.0 Å². The molecule has 3 aliphatic carbocycles. The van der Waals surface area contributed by atoms with Crippen molar-refractivity contribution < 1.29 is 9.84 Å². The minimum Gasteiger partial charge on any atom is -0.392 e. The van der Waals surface area contributed by atoms with Crippen molar-refractivity contribution in [2.24, 2.45) is 23.7 Å². The van der Waals surface area contributed by atoms with Gasteiger partial charge >= 0.3 is 0 Å². The molecular formula is C13H17BrO2. The Labute approximate surface area is 104 Å². The van der Waals surface area contributed by atoms with Gasteiger partial charge in [0, 0.05) is 4.83 Å². The summed E-state index contributed by atoms with van der Waals surface area (Å²) in [5.41, 5.74) is 1.52. The fraction of sp³-hybridized carbons (Fsp3) is 0.846.